The highest BCUT2D eigenvalue weighted by atomic mass is 19.1. The van der Waals surface area contributed by atoms with Gasteiger partial charge in [-0.2, -0.15) is 0 Å². The molecule has 0 spiro atoms. The third kappa shape index (κ3) is 8.79. The van der Waals surface area contributed by atoms with Crippen LogP contribution in [0.3, 0.4) is 0 Å². The van der Waals surface area contributed by atoms with Gasteiger partial charge in [0.15, 0.2) is 0 Å². The van der Waals surface area contributed by atoms with E-state index in [2.05, 4.69) is 17.6 Å². The first kappa shape index (κ1) is 24.4. The van der Waals surface area contributed by atoms with Crippen molar-refractivity contribution in [1.29, 1.82) is 0 Å². The zero-order valence-electron chi connectivity index (χ0n) is 18.6. The molecule has 2 aromatic carbocycles. The first-order valence-corrected chi connectivity index (χ1v) is 11.2. The van der Waals surface area contributed by atoms with Crippen molar-refractivity contribution < 1.29 is 14.0 Å². The summed E-state index contributed by atoms with van der Waals surface area (Å²) in [5.74, 6) is -0.371. The summed E-state index contributed by atoms with van der Waals surface area (Å²) in [7, 11) is 0. The van der Waals surface area contributed by atoms with E-state index in [0.717, 1.165) is 18.4 Å². The molecule has 0 atom stereocenters. The monoisotopic (exact) mass is 427 g/mol. The summed E-state index contributed by atoms with van der Waals surface area (Å²) in [5, 5.41) is 5.79. The minimum Gasteiger partial charge on any atom is -0.354 e. The van der Waals surface area contributed by atoms with Crippen molar-refractivity contribution in [3.05, 3.63) is 59.9 Å². The molecule has 3 amide bonds. The molecule has 6 heteroatoms. The van der Waals surface area contributed by atoms with E-state index in [9.17, 15) is 14.0 Å². The maximum Gasteiger partial charge on any atom is 0.326 e. The van der Waals surface area contributed by atoms with Crippen molar-refractivity contribution in [3.63, 3.8) is 0 Å². The predicted molar refractivity (Wildman–Crippen MR) is 125 cm³/mol. The number of benzene rings is 2. The fourth-order valence-electron chi connectivity index (χ4n) is 3.33. The predicted octanol–water partition coefficient (Wildman–Crippen LogP) is 6.04. The molecule has 2 rings (SSSR count). The summed E-state index contributed by atoms with van der Waals surface area (Å²) in [6, 6.07) is 12.9. The van der Waals surface area contributed by atoms with E-state index in [4.69, 9.17) is 0 Å². The number of unbranched alkanes of at least 4 members (excludes halogenated alkanes) is 5. The second kappa shape index (κ2) is 13.4. The van der Waals surface area contributed by atoms with Gasteiger partial charge in [0.1, 0.15) is 5.82 Å². The van der Waals surface area contributed by atoms with Crippen molar-refractivity contribution in [1.82, 2.24) is 5.32 Å². The Balaban J connectivity index is 1.89. The number of anilines is 2. The van der Waals surface area contributed by atoms with E-state index in [1.807, 2.05) is 31.2 Å². The molecule has 5 nitrogen and oxygen atoms in total. The SMILES string of the molecule is CCCCCCCCC(=O)NCCN(C(=O)Nc1ccccc1C)c1ccc(F)cc1. The molecule has 0 heterocycles. The van der Waals surface area contributed by atoms with Gasteiger partial charge in [-0.3, -0.25) is 9.69 Å². The third-order valence-corrected chi connectivity index (χ3v) is 5.19. The van der Waals surface area contributed by atoms with Crippen LogP contribution in [-0.4, -0.2) is 25.0 Å². The number of rotatable bonds is 12. The molecule has 2 N–H and O–H groups in total. The summed E-state index contributed by atoms with van der Waals surface area (Å²) >= 11 is 0. The van der Waals surface area contributed by atoms with Gasteiger partial charge in [-0.05, 0) is 49.2 Å². The van der Waals surface area contributed by atoms with Crippen molar-refractivity contribution in [3.8, 4) is 0 Å². The lowest BCUT2D eigenvalue weighted by Crippen LogP contribution is -2.41. The molecule has 0 unspecified atom stereocenters. The third-order valence-electron chi connectivity index (χ3n) is 5.19. The molecular formula is C25H34FN3O2. The van der Waals surface area contributed by atoms with Crippen LogP contribution in [0.4, 0.5) is 20.6 Å². The summed E-state index contributed by atoms with van der Waals surface area (Å²) in [4.78, 5) is 26.6. The first-order valence-electron chi connectivity index (χ1n) is 11.2. The number of nitrogens with zero attached hydrogens (tertiary/aromatic N) is 1. The molecule has 0 fully saturated rings. The van der Waals surface area contributed by atoms with Gasteiger partial charge in [0, 0.05) is 30.9 Å². The summed E-state index contributed by atoms with van der Waals surface area (Å²) < 4.78 is 13.3. The normalized spacial score (nSPS) is 10.5. The molecule has 0 aliphatic rings. The highest BCUT2D eigenvalue weighted by Gasteiger charge is 2.17. The number of para-hydroxylation sites is 1. The lowest BCUT2D eigenvalue weighted by molar-refractivity contribution is -0.121. The Morgan fingerprint density at radius 2 is 1.61 bits per heavy atom. The van der Waals surface area contributed by atoms with Crippen LogP contribution in [0, 0.1) is 12.7 Å². The smallest absolute Gasteiger partial charge is 0.326 e. The average molecular weight is 428 g/mol. The number of nitrogens with one attached hydrogen (secondary N) is 2. The summed E-state index contributed by atoms with van der Waals surface area (Å²) in [6.07, 6.45) is 7.29. The Morgan fingerprint density at radius 3 is 2.32 bits per heavy atom. The maximum absolute atomic E-state index is 13.3. The van der Waals surface area contributed by atoms with Crippen molar-refractivity contribution in [2.45, 2.75) is 58.8 Å². The number of aryl methyl sites for hydroxylation is 1. The Kier molecular flexibility index (Phi) is 10.6. The Labute approximate surface area is 185 Å². The molecular weight excluding hydrogens is 393 g/mol. The summed E-state index contributed by atoms with van der Waals surface area (Å²) in [5.41, 5.74) is 2.23. The van der Waals surface area contributed by atoms with Gasteiger partial charge in [-0.1, -0.05) is 57.2 Å². The number of carbonyl (C=O) groups excluding carboxylic acids is 2. The molecule has 0 saturated carbocycles. The maximum atomic E-state index is 13.3. The van der Waals surface area contributed by atoms with E-state index in [0.29, 0.717) is 24.3 Å². The van der Waals surface area contributed by atoms with Crippen LogP contribution < -0.4 is 15.5 Å². The molecule has 0 aliphatic carbocycles. The van der Waals surface area contributed by atoms with E-state index >= 15 is 0 Å². The quantitative estimate of drug-likeness (QED) is 0.406. The van der Waals surface area contributed by atoms with Crippen molar-refractivity contribution >= 4 is 23.3 Å². The zero-order valence-corrected chi connectivity index (χ0v) is 18.6. The van der Waals surface area contributed by atoms with Gasteiger partial charge in [0.05, 0.1) is 0 Å². The van der Waals surface area contributed by atoms with E-state index in [-0.39, 0.29) is 24.3 Å². The van der Waals surface area contributed by atoms with Crippen LogP contribution in [0.2, 0.25) is 0 Å². The molecule has 31 heavy (non-hydrogen) atoms. The van der Waals surface area contributed by atoms with Crippen LogP contribution in [0.25, 0.3) is 0 Å². The average Bonchev–Trinajstić information content (AvgIpc) is 2.76. The molecule has 168 valence electrons. The van der Waals surface area contributed by atoms with Gasteiger partial charge < -0.3 is 10.6 Å². The topological polar surface area (TPSA) is 61.4 Å². The second-order valence-electron chi connectivity index (χ2n) is 7.74. The van der Waals surface area contributed by atoms with Gasteiger partial charge in [0.25, 0.3) is 0 Å². The number of carbonyl (C=O) groups is 2. The molecule has 0 aliphatic heterocycles. The van der Waals surface area contributed by atoms with Crippen LogP contribution in [0.5, 0.6) is 0 Å². The second-order valence-corrected chi connectivity index (χ2v) is 7.74. The lowest BCUT2D eigenvalue weighted by atomic mass is 10.1. The van der Waals surface area contributed by atoms with E-state index in [1.165, 1.54) is 42.7 Å². The Hall–Kier alpha value is -2.89. The molecule has 2 aromatic rings. The minimum absolute atomic E-state index is 0.00569. The van der Waals surface area contributed by atoms with E-state index in [1.54, 1.807) is 12.1 Å². The van der Waals surface area contributed by atoms with E-state index < -0.39 is 0 Å². The Bertz CT molecular complexity index is 824. The fraction of sp³-hybridized carbons (Fsp3) is 0.440. The zero-order chi connectivity index (χ0) is 22.5. The van der Waals surface area contributed by atoms with Gasteiger partial charge in [0.2, 0.25) is 5.91 Å². The lowest BCUT2D eigenvalue weighted by Gasteiger charge is -2.24. The fourth-order valence-corrected chi connectivity index (χ4v) is 3.33. The van der Waals surface area contributed by atoms with Crippen molar-refractivity contribution in [2.75, 3.05) is 23.3 Å². The number of halogens is 1. The molecule has 0 aromatic heterocycles. The molecule has 0 radical (unpaired) electrons. The number of amides is 3. The highest BCUT2D eigenvalue weighted by Crippen LogP contribution is 2.18. The molecule has 0 saturated heterocycles. The molecule has 0 bridgehead atoms. The highest BCUT2D eigenvalue weighted by molar-refractivity contribution is 6.02. The number of hydrogen-bond acceptors (Lipinski definition) is 2. The standard InChI is InChI=1S/C25H34FN3O2/c1-3-4-5-6-7-8-13-24(30)27-18-19-29(22-16-14-21(26)15-17-22)25(31)28-23-12-10-9-11-20(23)2/h9-12,14-17H,3-8,13,18-19H2,1-2H3,(H,27,30)(H,28,31). The summed E-state index contributed by atoms with van der Waals surface area (Å²) in [6.45, 7) is 4.71. The largest absolute Gasteiger partial charge is 0.354 e. The number of hydrogen-bond donors (Lipinski definition) is 2. The van der Waals surface area contributed by atoms with Gasteiger partial charge in [-0.25, -0.2) is 9.18 Å². The van der Waals surface area contributed by atoms with Crippen LogP contribution >= 0.6 is 0 Å². The minimum atomic E-state index is -0.366. The van der Waals surface area contributed by atoms with Gasteiger partial charge >= 0.3 is 6.03 Å². The van der Waals surface area contributed by atoms with Crippen LogP contribution in [0.15, 0.2) is 48.5 Å². The first-order chi connectivity index (χ1) is 15.0. The van der Waals surface area contributed by atoms with Crippen molar-refractivity contribution in [2.24, 2.45) is 0 Å². The van der Waals surface area contributed by atoms with Crippen LogP contribution in [-0.2, 0) is 4.79 Å². The van der Waals surface area contributed by atoms with Gasteiger partial charge in [-0.15, -0.1) is 0 Å². The number of urea groups is 1. The Morgan fingerprint density at radius 1 is 0.935 bits per heavy atom. The van der Waals surface area contributed by atoms with Crippen LogP contribution in [0.1, 0.15) is 57.4 Å².